The summed E-state index contributed by atoms with van der Waals surface area (Å²) >= 11 is 1.69. The van der Waals surface area contributed by atoms with Gasteiger partial charge in [-0.2, -0.15) is 0 Å². The fourth-order valence-electron chi connectivity index (χ4n) is 0.916. The van der Waals surface area contributed by atoms with E-state index in [4.69, 9.17) is 0 Å². The Morgan fingerprint density at radius 1 is 1.40 bits per heavy atom. The molecule has 0 amide bonds. The summed E-state index contributed by atoms with van der Waals surface area (Å²) < 4.78 is 0. The van der Waals surface area contributed by atoms with Crippen LogP contribution in [0.4, 0.5) is 0 Å². The maximum atomic E-state index is 4.26. The van der Waals surface area contributed by atoms with E-state index in [-0.39, 0.29) is 0 Å². The zero-order valence-electron chi connectivity index (χ0n) is 6.51. The van der Waals surface area contributed by atoms with E-state index in [0.717, 1.165) is 5.03 Å². The molecule has 0 bridgehead atoms. The average Bonchev–Trinajstić information content (AvgIpc) is 1.88. The summed E-state index contributed by atoms with van der Waals surface area (Å²) in [6.07, 6.45) is 3.95. The summed E-state index contributed by atoms with van der Waals surface area (Å²) in [6, 6.07) is 2.15. The van der Waals surface area contributed by atoms with Crippen molar-refractivity contribution >= 4 is 11.8 Å². The average molecular weight is 153 g/mol. The first-order valence-corrected chi connectivity index (χ1v) is 4.43. The van der Waals surface area contributed by atoms with Crippen LogP contribution >= 0.6 is 11.8 Å². The van der Waals surface area contributed by atoms with Gasteiger partial charge in [0.15, 0.2) is 0 Å². The monoisotopic (exact) mass is 153 g/mol. The summed E-state index contributed by atoms with van der Waals surface area (Å²) in [7, 11) is 0. The smallest absolute Gasteiger partial charge is 0.0986 e. The van der Waals surface area contributed by atoms with Crippen molar-refractivity contribution in [2.24, 2.45) is 0 Å². The molecular formula is C8H11NS. The fourth-order valence-corrected chi connectivity index (χ4v) is 1.46. The Morgan fingerprint density at radius 2 is 2.10 bits per heavy atom. The molecule has 2 heteroatoms. The van der Waals surface area contributed by atoms with Crippen molar-refractivity contribution in [2.75, 3.05) is 6.26 Å². The van der Waals surface area contributed by atoms with Crippen LogP contribution in [0.15, 0.2) is 17.3 Å². The summed E-state index contributed by atoms with van der Waals surface area (Å²) in [5.41, 5.74) is 2.50. The molecule has 0 unspecified atom stereocenters. The van der Waals surface area contributed by atoms with Gasteiger partial charge >= 0.3 is 0 Å². The van der Waals surface area contributed by atoms with Gasteiger partial charge in [0, 0.05) is 6.20 Å². The molecule has 1 aromatic rings. The van der Waals surface area contributed by atoms with Crippen molar-refractivity contribution < 1.29 is 0 Å². The molecule has 0 aromatic carbocycles. The molecule has 0 radical (unpaired) electrons. The molecule has 0 saturated carbocycles. The Morgan fingerprint density at radius 3 is 2.60 bits per heavy atom. The first-order valence-electron chi connectivity index (χ1n) is 3.21. The molecule has 1 rings (SSSR count). The summed E-state index contributed by atoms with van der Waals surface area (Å²) in [4.78, 5) is 4.26. The fraction of sp³-hybridized carbons (Fsp3) is 0.375. The van der Waals surface area contributed by atoms with Gasteiger partial charge in [0.25, 0.3) is 0 Å². The maximum absolute atomic E-state index is 4.26. The lowest BCUT2D eigenvalue weighted by molar-refractivity contribution is 1.06. The minimum atomic E-state index is 1.13. The first kappa shape index (κ1) is 7.61. The largest absolute Gasteiger partial charge is 0.249 e. The van der Waals surface area contributed by atoms with E-state index in [9.17, 15) is 0 Å². The molecule has 54 valence electrons. The second-order valence-electron chi connectivity index (χ2n) is 2.34. The van der Waals surface area contributed by atoms with Crippen molar-refractivity contribution in [3.8, 4) is 0 Å². The van der Waals surface area contributed by atoms with Crippen molar-refractivity contribution in [1.82, 2.24) is 4.98 Å². The van der Waals surface area contributed by atoms with E-state index in [1.807, 2.05) is 12.5 Å². The van der Waals surface area contributed by atoms with E-state index in [0.29, 0.717) is 0 Å². The Labute approximate surface area is 65.9 Å². The van der Waals surface area contributed by atoms with Crippen LogP contribution in [0.25, 0.3) is 0 Å². The van der Waals surface area contributed by atoms with Crippen molar-refractivity contribution in [3.05, 3.63) is 23.4 Å². The third-order valence-electron chi connectivity index (χ3n) is 1.36. The number of nitrogens with zero attached hydrogens (tertiary/aromatic N) is 1. The molecule has 1 aromatic heterocycles. The zero-order chi connectivity index (χ0) is 7.56. The second kappa shape index (κ2) is 3.06. The molecule has 1 heterocycles. The van der Waals surface area contributed by atoms with Gasteiger partial charge in [-0.05, 0) is 31.2 Å². The van der Waals surface area contributed by atoms with Crippen LogP contribution in [0.1, 0.15) is 11.1 Å². The molecule has 1 nitrogen and oxygen atoms in total. The van der Waals surface area contributed by atoms with Crippen molar-refractivity contribution in [1.29, 1.82) is 0 Å². The van der Waals surface area contributed by atoms with Crippen LogP contribution in [-0.2, 0) is 0 Å². The quantitative estimate of drug-likeness (QED) is 0.575. The standard InChI is InChI=1S/C8H11NS/c1-6-4-7(2)8(10-3)9-5-6/h4-5H,1-3H3. The molecule has 0 aliphatic carbocycles. The third-order valence-corrected chi connectivity index (χ3v) is 2.17. The van der Waals surface area contributed by atoms with Crippen LogP contribution in [-0.4, -0.2) is 11.2 Å². The van der Waals surface area contributed by atoms with Gasteiger partial charge in [-0.3, -0.25) is 0 Å². The van der Waals surface area contributed by atoms with E-state index in [1.54, 1.807) is 11.8 Å². The normalized spacial score (nSPS) is 9.90. The van der Waals surface area contributed by atoms with E-state index < -0.39 is 0 Å². The lowest BCUT2D eigenvalue weighted by Gasteiger charge is -2.00. The number of aromatic nitrogens is 1. The van der Waals surface area contributed by atoms with Crippen molar-refractivity contribution in [2.45, 2.75) is 18.9 Å². The summed E-state index contributed by atoms with van der Waals surface area (Å²) in [6.45, 7) is 4.15. The molecule has 0 N–H and O–H groups in total. The molecule has 0 fully saturated rings. The minimum absolute atomic E-state index is 1.13. The highest BCUT2D eigenvalue weighted by atomic mass is 32.2. The van der Waals surface area contributed by atoms with Crippen molar-refractivity contribution in [3.63, 3.8) is 0 Å². The Balaban J connectivity index is 3.07. The molecule has 0 aliphatic heterocycles. The van der Waals surface area contributed by atoms with Gasteiger partial charge in [0.05, 0.1) is 5.03 Å². The summed E-state index contributed by atoms with van der Waals surface area (Å²) in [5, 5.41) is 1.13. The highest BCUT2D eigenvalue weighted by Gasteiger charge is 1.95. The number of aryl methyl sites for hydroxylation is 2. The Kier molecular flexibility index (Phi) is 2.33. The van der Waals surface area contributed by atoms with Gasteiger partial charge in [-0.1, -0.05) is 6.07 Å². The summed E-state index contributed by atoms with van der Waals surface area (Å²) in [5.74, 6) is 0. The maximum Gasteiger partial charge on any atom is 0.0986 e. The van der Waals surface area contributed by atoms with Crippen LogP contribution < -0.4 is 0 Å². The van der Waals surface area contributed by atoms with Crippen LogP contribution in [0.5, 0.6) is 0 Å². The third kappa shape index (κ3) is 1.51. The first-order chi connectivity index (χ1) is 4.74. The van der Waals surface area contributed by atoms with Gasteiger partial charge in [-0.15, -0.1) is 11.8 Å². The predicted octanol–water partition coefficient (Wildman–Crippen LogP) is 2.42. The Bertz CT molecular complexity index is 233. The van der Waals surface area contributed by atoms with E-state index >= 15 is 0 Å². The minimum Gasteiger partial charge on any atom is -0.249 e. The topological polar surface area (TPSA) is 12.9 Å². The Hall–Kier alpha value is -0.500. The van der Waals surface area contributed by atoms with Crippen LogP contribution in [0.2, 0.25) is 0 Å². The van der Waals surface area contributed by atoms with Gasteiger partial charge in [0.2, 0.25) is 0 Å². The predicted molar refractivity (Wildman–Crippen MR) is 45.5 cm³/mol. The number of thioether (sulfide) groups is 1. The lowest BCUT2D eigenvalue weighted by atomic mass is 10.2. The van der Waals surface area contributed by atoms with Crippen LogP contribution in [0, 0.1) is 13.8 Å². The van der Waals surface area contributed by atoms with Gasteiger partial charge in [0.1, 0.15) is 0 Å². The molecule has 10 heavy (non-hydrogen) atoms. The molecule has 0 atom stereocenters. The van der Waals surface area contributed by atoms with E-state index in [2.05, 4.69) is 24.9 Å². The SMILES string of the molecule is CSc1ncc(C)cc1C. The molecule has 0 saturated heterocycles. The number of hydrogen-bond acceptors (Lipinski definition) is 2. The number of hydrogen-bond donors (Lipinski definition) is 0. The number of rotatable bonds is 1. The van der Waals surface area contributed by atoms with E-state index in [1.165, 1.54) is 11.1 Å². The van der Waals surface area contributed by atoms with Gasteiger partial charge in [-0.25, -0.2) is 4.98 Å². The molecule has 0 spiro atoms. The highest BCUT2D eigenvalue weighted by molar-refractivity contribution is 7.98. The zero-order valence-corrected chi connectivity index (χ0v) is 7.33. The highest BCUT2D eigenvalue weighted by Crippen LogP contribution is 2.16. The molecule has 0 aliphatic rings. The second-order valence-corrected chi connectivity index (χ2v) is 3.13. The lowest BCUT2D eigenvalue weighted by Crippen LogP contribution is -1.85. The van der Waals surface area contributed by atoms with Crippen LogP contribution in [0.3, 0.4) is 0 Å². The number of pyridine rings is 1. The molecular weight excluding hydrogens is 142 g/mol. The van der Waals surface area contributed by atoms with Gasteiger partial charge < -0.3 is 0 Å².